The molecule has 0 saturated carbocycles. The zero-order valence-corrected chi connectivity index (χ0v) is 12.2. The number of rotatable bonds is 4. The maximum absolute atomic E-state index is 12.2. The fourth-order valence-corrected chi connectivity index (χ4v) is 2.16. The zero-order chi connectivity index (χ0) is 15.4. The molecule has 110 valence electrons. The number of H-pyrrole nitrogens is 1. The second-order valence-corrected chi connectivity index (χ2v) is 4.66. The Balaban J connectivity index is 2.15. The number of aromatic amines is 1. The summed E-state index contributed by atoms with van der Waals surface area (Å²) < 4.78 is 4.72. The summed E-state index contributed by atoms with van der Waals surface area (Å²) >= 11 is 0. The molecule has 0 saturated heterocycles. The summed E-state index contributed by atoms with van der Waals surface area (Å²) in [6.45, 7) is 3.82. The van der Waals surface area contributed by atoms with Crippen LogP contribution in [-0.4, -0.2) is 29.0 Å². The van der Waals surface area contributed by atoms with Gasteiger partial charge in [-0.25, -0.2) is 4.79 Å². The van der Waals surface area contributed by atoms with Gasteiger partial charge in [-0.1, -0.05) is 6.07 Å². The van der Waals surface area contributed by atoms with Gasteiger partial charge in [0.1, 0.15) is 5.69 Å². The lowest BCUT2D eigenvalue weighted by Crippen LogP contribution is -2.24. The molecule has 6 heteroatoms. The van der Waals surface area contributed by atoms with Crippen molar-refractivity contribution in [3.8, 4) is 0 Å². The summed E-state index contributed by atoms with van der Waals surface area (Å²) in [5.74, 6) is -0.720. The number of nitrogens with zero attached hydrogens (tertiary/aromatic N) is 1. The van der Waals surface area contributed by atoms with Crippen LogP contribution in [0.1, 0.15) is 37.7 Å². The number of hydrogen-bond donors (Lipinski definition) is 2. The summed E-state index contributed by atoms with van der Waals surface area (Å²) in [5.41, 5.74) is 2.88. The van der Waals surface area contributed by atoms with Gasteiger partial charge in [-0.05, 0) is 31.0 Å². The van der Waals surface area contributed by atoms with E-state index in [4.69, 9.17) is 4.74 Å². The molecule has 6 nitrogen and oxygen atoms in total. The first-order chi connectivity index (χ1) is 10.0. The van der Waals surface area contributed by atoms with Crippen LogP contribution in [-0.2, 0) is 11.3 Å². The molecule has 21 heavy (non-hydrogen) atoms. The highest BCUT2D eigenvalue weighted by molar-refractivity contribution is 6.00. The van der Waals surface area contributed by atoms with Crippen molar-refractivity contribution in [2.75, 3.05) is 7.11 Å². The molecule has 1 amide bonds. The quantitative estimate of drug-likeness (QED) is 0.839. The number of aryl methyl sites for hydroxylation is 1. The van der Waals surface area contributed by atoms with Crippen LogP contribution < -0.4 is 5.32 Å². The first kappa shape index (κ1) is 14.8. The monoisotopic (exact) mass is 287 g/mol. The lowest BCUT2D eigenvalue weighted by atomic mass is 10.1. The van der Waals surface area contributed by atoms with E-state index in [0.717, 1.165) is 5.56 Å². The minimum atomic E-state index is -0.451. The van der Waals surface area contributed by atoms with Crippen LogP contribution in [0, 0.1) is 13.8 Å². The van der Waals surface area contributed by atoms with Crippen molar-refractivity contribution in [2.24, 2.45) is 0 Å². The fourth-order valence-electron chi connectivity index (χ4n) is 2.16. The highest BCUT2D eigenvalue weighted by Crippen LogP contribution is 2.18. The average molecular weight is 287 g/mol. The molecule has 0 aliphatic rings. The van der Waals surface area contributed by atoms with Crippen molar-refractivity contribution in [3.63, 3.8) is 0 Å². The summed E-state index contributed by atoms with van der Waals surface area (Å²) in [7, 11) is 1.32. The molecule has 2 heterocycles. The summed E-state index contributed by atoms with van der Waals surface area (Å²) in [6, 6.07) is 3.68. The normalized spacial score (nSPS) is 10.2. The standard InChI is InChI=1S/C15H17N3O3/c1-9-12(15(20)21-3)10(2)18-13(9)14(19)17-8-11-5-4-6-16-7-11/h4-7,18H,8H2,1-3H3,(H,17,19). The maximum atomic E-state index is 12.2. The molecule has 2 rings (SSSR count). The molecule has 2 aromatic heterocycles. The Morgan fingerprint density at radius 3 is 2.76 bits per heavy atom. The summed E-state index contributed by atoms with van der Waals surface area (Å²) in [5, 5.41) is 2.79. The highest BCUT2D eigenvalue weighted by Gasteiger charge is 2.22. The lowest BCUT2D eigenvalue weighted by molar-refractivity contribution is 0.0599. The van der Waals surface area contributed by atoms with Crippen molar-refractivity contribution in [1.82, 2.24) is 15.3 Å². The Kier molecular flexibility index (Phi) is 4.37. The molecule has 2 N–H and O–H groups in total. The van der Waals surface area contributed by atoms with E-state index in [1.165, 1.54) is 7.11 Å². The van der Waals surface area contributed by atoms with Gasteiger partial charge in [0.2, 0.25) is 0 Å². The number of nitrogens with one attached hydrogen (secondary N) is 2. The van der Waals surface area contributed by atoms with Crippen molar-refractivity contribution < 1.29 is 14.3 Å². The number of carbonyl (C=O) groups excluding carboxylic acids is 2. The number of aromatic nitrogens is 2. The van der Waals surface area contributed by atoms with Crippen LogP contribution in [0.15, 0.2) is 24.5 Å². The Hall–Kier alpha value is -2.63. The topological polar surface area (TPSA) is 84.1 Å². The van der Waals surface area contributed by atoms with Crippen molar-refractivity contribution in [1.29, 1.82) is 0 Å². The van der Waals surface area contributed by atoms with Crippen molar-refractivity contribution in [2.45, 2.75) is 20.4 Å². The van der Waals surface area contributed by atoms with E-state index in [1.807, 2.05) is 6.07 Å². The Bertz CT molecular complexity index is 662. The fraction of sp³-hybridized carbons (Fsp3) is 0.267. The lowest BCUT2D eigenvalue weighted by Gasteiger charge is -2.05. The number of carbonyl (C=O) groups is 2. The summed E-state index contributed by atoms with van der Waals surface area (Å²) in [4.78, 5) is 30.8. The third-order valence-corrected chi connectivity index (χ3v) is 3.23. The molecule has 0 aliphatic carbocycles. The Morgan fingerprint density at radius 2 is 2.14 bits per heavy atom. The first-order valence-corrected chi connectivity index (χ1v) is 6.49. The molecule has 0 atom stereocenters. The predicted molar refractivity (Wildman–Crippen MR) is 77.0 cm³/mol. The van der Waals surface area contributed by atoms with Crippen LogP contribution in [0.25, 0.3) is 0 Å². The highest BCUT2D eigenvalue weighted by atomic mass is 16.5. The Morgan fingerprint density at radius 1 is 1.38 bits per heavy atom. The second kappa shape index (κ2) is 6.21. The van der Waals surface area contributed by atoms with Crippen molar-refractivity contribution in [3.05, 3.63) is 52.6 Å². The van der Waals surface area contributed by atoms with Crippen LogP contribution in [0.2, 0.25) is 0 Å². The number of hydrogen-bond acceptors (Lipinski definition) is 4. The average Bonchev–Trinajstić information content (AvgIpc) is 2.80. The van der Waals surface area contributed by atoms with Crippen LogP contribution >= 0.6 is 0 Å². The summed E-state index contributed by atoms with van der Waals surface area (Å²) in [6.07, 6.45) is 3.36. The zero-order valence-electron chi connectivity index (χ0n) is 12.2. The molecule has 0 aromatic carbocycles. The first-order valence-electron chi connectivity index (χ1n) is 6.49. The molecule has 0 bridgehead atoms. The molecule has 0 fully saturated rings. The number of amides is 1. The number of esters is 1. The van der Waals surface area contributed by atoms with Gasteiger partial charge < -0.3 is 15.0 Å². The van der Waals surface area contributed by atoms with Gasteiger partial charge >= 0.3 is 5.97 Å². The van der Waals surface area contributed by atoms with Gasteiger partial charge in [0.25, 0.3) is 5.91 Å². The molecule has 0 aliphatic heterocycles. The van der Waals surface area contributed by atoms with Gasteiger partial charge in [-0.15, -0.1) is 0 Å². The van der Waals surface area contributed by atoms with Crippen LogP contribution in [0.3, 0.4) is 0 Å². The minimum absolute atomic E-state index is 0.269. The van der Waals surface area contributed by atoms with Crippen LogP contribution in [0.4, 0.5) is 0 Å². The maximum Gasteiger partial charge on any atom is 0.339 e. The van der Waals surface area contributed by atoms with E-state index in [0.29, 0.717) is 29.1 Å². The van der Waals surface area contributed by atoms with Gasteiger partial charge in [-0.3, -0.25) is 9.78 Å². The van der Waals surface area contributed by atoms with E-state index < -0.39 is 5.97 Å². The smallest absolute Gasteiger partial charge is 0.339 e. The second-order valence-electron chi connectivity index (χ2n) is 4.66. The predicted octanol–water partition coefficient (Wildman–Crippen LogP) is 1.74. The largest absolute Gasteiger partial charge is 0.465 e. The third-order valence-electron chi connectivity index (χ3n) is 3.23. The van der Waals surface area contributed by atoms with Crippen molar-refractivity contribution >= 4 is 11.9 Å². The van der Waals surface area contributed by atoms with E-state index in [-0.39, 0.29) is 5.91 Å². The molecule has 0 unspecified atom stereocenters. The number of pyridine rings is 1. The Labute approximate surface area is 122 Å². The molecule has 0 spiro atoms. The van der Waals surface area contributed by atoms with Gasteiger partial charge in [0.05, 0.1) is 12.7 Å². The van der Waals surface area contributed by atoms with Gasteiger partial charge in [0, 0.05) is 24.6 Å². The van der Waals surface area contributed by atoms with Crippen LogP contribution in [0.5, 0.6) is 0 Å². The number of ether oxygens (including phenoxy) is 1. The third kappa shape index (κ3) is 3.10. The molecule has 2 aromatic rings. The van der Waals surface area contributed by atoms with Gasteiger partial charge in [0.15, 0.2) is 0 Å². The van der Waals surface area contributed by atoms with Gasteiger partial charge in [-0.2, -0.15) is 0 Å². The SMILES string of the molecule is COC(=O)c1c(C)[nH]c(C(=O)NCc2cccnc2)c1C. The molecular weight excluding hydrogens is 270 g/mol. The van der Waals surface area contributed by atoms with E-state index in [2.05, 4.69) is 15.3 Å². The molecule has 0 radical (unpaired) electrons. The van der Waals surface area contributed by atoms with E-state index in [9.17, 15) is 9.59 Å². The van der Waals surface area contributed by atoms with E-state index in [1.54, 1.807) is 32.3 Å². The number of methoxy groups -OCH3 is 1. The minimum Gasteiger partial charge on any atom is -0.465 e. The molecular formula is C15H17N3O3. The van der Waals surface area contributed by atoms with E-state index >= 15 is 0 Å².